The molecule has 1 fully saturated rings. The van der Waals surface area contributed by atoms with E-state index < -0.39 is 0 Å². The molecule has 0 bridgehead atoms. The van der Waals surface area contributed by atoms with Crippen molar-refractivity contribution in [3.8, 4) is 5.75 Å². The third-order valence-electron chi connectivity index (χ3n) is 4.16. The van der Waals surface area contributed by atoms with E-state index in [0.717, 1.165) is 18.7 Å². The first-order valence-corrected chi connectivity index (χ1v) is 8.62. The highest BCUT2D eigenvalue weighted by molar-refractivity contribution is 9.09. The van der Waals surface area contributed by atoms with E-state index in [-0.39, 0.29) is 5.91 Å². The second kappa shape index (κ2) is 8.42. The number of carbonyl (C=O) groups excluding carboxylic acids is 1. The minimum Gasteiger partial charge on any atom is -0.497 e. The van der Waals surface area contributed by atoms with Crippen LogP contribution >= 0.6 is 15.9 Å². The van der Waals surface area contributed by atoms with Gasteiger partial charge < -0.3 is 10.1 Å². The number of aryl methyl sites for hydroxylation is 1. The summed E-state index contributed by atoms with van der Waals surface area (Å²) in [5, 5.41) is 3.08. The molecular weight excluding hydrogens is 330 g/mol. The van der Waals surface area contributed by atoms with Crippen LogP contribution in [0.2, 0.25) is 0 Å². The number of halogens is 1. The fourth-order valence-corrected chi connectivity index (χ4v) is 3.25. The van der Waals surface area contributed by atoms with Gasteiger partial charge in [-0.25, -0.2) is 0 Å². The summed E-state index contributed by atoms with van der Waals surface area (Å²) in [6.45, 7) is 0.834. The molecule has 1 aromatic carbocycles. The fraction of sp³-hybridized carbons (Fsp3) is 0.588. The molecule has 1 aliphatic rings. The number of hydrogen-bond acceptors (Lipinski definition) is 2. The number of amides is 1. The van der Waals surface area contributed by atoms with Gasteiger partial charge in [0.25, 0.3) is 0 Å². The molecule has 2 rings (SSSR count). The monoisotopic (exact) mass is 353 g/mol. The number of methoxy groups -OCH3 is 1. The van der Waals surface area contributed by atoms with E-state index in [9.17, 15) is 4.79 Å². The van der Waals surface area contributed by atoms with Gasteiger partial charge in [0.1, 0.15) is 5.75 Å². The summed E-state index contributed by atoms with van der Waals surface area (Å²) >= 11 is 3.66. The SMILES string of the molecule is COc1ccc(CCC(=O)NCC2CCC(Br)CC2)cc1. The van der Waals surface area contributed by atoms with Crippen molar-refractivity contribution in [3.05, 3.63) is 29.8 Å². The Bertz CT molecular complexity index is 439. The molecule has 21 heavy (non-hydrogen) atoms. The summed E-state index contributed by atoms with van der Waals surface area (Å²) in [6.07, 6.45) is 6.23. The molecule has 1 saturated carbocycles. The van der Waals surface area contributed by atoms with Crippen LogP contribution in [0.25, 0.3) is 0 Å². The lowest BCUT2D eigenvalue weighted by Gasteiger charge is -2.25. The van der Waals surface area contributed by atoms with Gasteiger partial charge >= 0.3 is 0 Å². The second-order valence-corrected chi connectivity index (χ2v) is 7.07. The highest BCUT2D eigenvalue weighted by Gasteiger charge is 2.19. The highest BCUT2D eigenvalue weighted by Crippen LogP contribution is 2.28. The third kappa shape index (κ3) is 5.70. The number of alkyl halides is 1. The molecule has 3 nitrogen and oxygen atoms in total. The highest BCUT2D eigenvalue weighted by atomic mass is 79.9. The van der Waals surface area contributed by atoms with Crippen molar-refractivity contribution >= 4 is 21.8 Å². The van der Waals surface area contributed by atoms with E-state index in [2.05, 4.69) is 21.2 Å². The minimum absolute atomic E-state index is 0.159. The predicted octanol–water partition coefficient (Wildman–Crippen LogP) is 3.70. The van der Waals surface area contributed by atoms with E-state index in [1.54, 1.807) is 7.11 Å². The maximum absolute atomic E-state index is 11.9. The molecule has 1 aromatic rings. The Morgan fingerprint density at radius 3 is 2.52 bits per heavy atom. The molecule has 4 heteroatoms. The third-order valence-corrected chi connectivity index (χ3v) is 5.08. The molecule has 116 valence electrons. The van der Waals surface area contributed by atoms with Crippen molar-refractivity contribution in [2.24, 2.45) is 5.92 Å². The van der Waals surface area contributed by atoms with Crippen LogP contribution in [0, 0.1) is 5.92 Å². The summed E-state index contributed by atoms with van der Waals surface area (Å²) in [5.41, 5.74) is 1.17. The predicted molar refractivity (Wildman–Crippen MR) is 89.0 cm³/mol. The quantitative estimate of drug-likeness (QED) is 0.791. The number of ether oxygens (including phenoxy) is 1. The zero-order valence-electron chi connectivity index (χ0n) is 12.6. The normalized spacial score (nSPS) is 21.8. The topological polar surface area (TPSA) is 38.3 Å². The first kappa shape index (κ1) is 16.3. The maximum atomic E-state index is 11.9. The number of benzene rings is 1. The van der Waals surface area contributed by atoms with E-state index in [4.69, 9.17) is 4.74 Å². The number of hydrogen-bond donors (Lipinski definition) is 1. The van der Waals surface area contributed by atoms with Crippen LogP contribution in [0.3, 0.4) is 0 Å². The second-order valence-electron chi connectivity index (χ2n) is 5.77. The van der Waals surface area contributed by atoms with Gasteiger partial charge in [-0.1, -0.05) is 28.1 Å². The molecule has 0 aliphatic heterocycles. The maximum Gasteiger partial charge on any atom is 0.220 e. The van der Waals surface area contributed by atoms with Crippen LogP contribution < -0.4 is 10.1 Å². The van der Waals surface area contributed by atoms with Gasteiger partial charge in [-0.15, -0.1) is 0 Å². The standard InChI is InChI=1S/C17H24BrNO2/c1-21-16-9-4-13(5-10-16)6-11-17(20)19-12-14-2-7-15(18)8-3-14/h4-5,9-10,14-15H,2-3,6-8,11-12H2,1H3,(H,19,20). The lowest BCUT2D eigenvalue weighted by atomic mass is 9.89. The number of carbonyl (C=O) groups is 1. The van der Waals surface area contributed by atoms with Crippen molar-refractivity contribution in [1.82, 2.24) is 5.32 Å². The summed E-state index contributed by atoms with van der Waals surface area (Å²) in [5.74, 6) is 1.67. The Morgan fingerprint density at radius 1 is 1.24 bits per heavy atom. The lowest BCUT2D eigenvalue weighted by molar-refractivity contribution is -0.121. The molecule has 1 amide bonds. The summed E-state index contributed by atoms with van der Waals surface area (Å²) < 4.78 is 5.13. The smallest absolute Gasteiger partial charge is 0.220 e. The Balaban J connectivity index is 1.65. The molecule has 0 aromatic heterocycles. The Morgan fingerprint density at radius 2 is 1.90 bits per heavy atom. The molecule has 0 heterocycles. The van der Waals surface area contributed by atoms with Crippen molar-refractivity contribution in [2.75, 3.05) is 13.7 Å². The Hall–Kier alpha value is -1.03. The zero-order chi connectivity index (χ0) is 15.1. The Labute approximate surface area is 135 Å². The summed E-state index contributed by atoms with van der Waals surface area (Å²) in [4.78, 5) is 12.6. The van der Waals surface area contributed by atoms with Crippen molar-refractivity contribution in [1.29, 1.82) is 0 Å². The Kier molecular flexibility index (Phi) is 6.55. The van der Waals surface area contributed by atoms with Gasteiger partial charge in [0.05, 0.1) is 7.11 Å². The average Bonchev–Trinajstić information content (AvgIpc) is 2.53. The summed E-state index contributed by atoms with van der Waals surface area (Å²) in [6, 6.07) is 7.91. The molecule has 1 N–H and O–H groups in total. The largest absolute Gasteiger partial charge is 0.497 e. The molecule has 0 spiro atoms. The van der Waals surface area contributed by atoms with Crippen molar-refractivity contribution < 1.29 is 9.53 Å². The van der Waals surface area contributed by atoms with Crippen molar-refractivity contribution in [2.45, 2.75) is 43.4 Å². The first-order valence-electron chi connectivity index (χ1n) is 7.71. The van der Waals surface area contributed by atoms with Gasteiger partial charge in [-0.2, -0.15) is 0 Å². The molecule has 1 aliphatic carbocycles. The van der Waals surface area contributed by atoms with Crippen LogP contribution in [0.15, 0.2) is 24.3 Å². The van der Waals surface area contributed by atoms with Crippen LogP contribution in [0.1, 0.15) is 37.7 Å². The first-order chi connectivity index (χ1) is 10.2. The molecule has 0 atom stereocenters. The van der Waals surface area contributed by atoms with Gasteiger partial charge in [-0.05, 0) is 55.7 Å². The van der Waals surface area contributed by atoms with E-state index >= 15 is 0 Å². The van der Waals surface area contributed by atoms with Gasteiger partial charge in [0.15, 0.2) is 0 Å². The molecule has 0 saturated heterocycles. The molecule has 0 radical (unpaired) electrons. The van der Waals surface area contributed by atoms with E-state index in [0.29, 0.717) is 17.2 Å². The molecule has 0 unspecified atom stereocenters. The van der Waals surface area contributed by atoms with E-state index in [1.165, 1.54) is 31.2 Å². The zero-order valence-corrected chi connectivity index (χ0v) is 14.2. The van der Waals surface area contributed by atoms with Crippen LogP contribution in [-0.4, -0.2) is 24.4 Å². The fourth-order valence-electron chi connectivity index (χ4n) is 2.72. The average molecular weight is 354 g/mol. The number of rotatable bonds is 6. The van der Waals surface area contributed by atoms with Crippen LogP contribution in [0.5, 0.6) is 5.75 Å². The van der Waals surface area contributed by atoms with Crippen LogP contribution in [0.4, 0.5) is 0 Å². The van der Waals surface area contributed by atoms with Gasteiger partial charge in [0, 0.05) is 17.8 Å². The molecular formula is C17H24BrNO2. The van der Waals surface area contributed by atoms with Gasteiger partial charge in [0.2, 0.25) is 5.91 Å². The minimum atomic E-state index is 0.159. The lowest BCUT2D eigenvalue weighted by Crippen LogP contribution is -2.31. The van der Waals surface area contributed by atoms with Crippen LogP contribution in [-0.2, 0) is 11.2 Å². The summed E-state index contributed by atoms with van der Waals surface area (Å²) in [7, 11) is 1.66. The number of nitrogens with one attached hydrogen (secondary N) is 1. The van der Waals surface area contributed by atoms with E-state index in [1.807, 2.05) is 24.3 Å². The van der Waals surface area contributed by atoms with Gasteiger partial charge in [-0.3, -0.25) is 4.79 Å². The van der Waals surface area contributed by atoms with Crippen molar-refractivity contribution in [3.63, 3.8) is 0 Å².